The van der Waals surface area contributed by atoms with Gasteiger partial charge < -0.3 is 15.4 Å². The van der Waals surface area contributed by atoms with Crippen molar-refractivity contribution in [3.8, 4) is 0 Å². The van der Waals surface area contributed by atoms with Gasteiger partial charge in [0.2, 0.25) is 0 Å². The highest BCUT2D eigenvalue weighted by Gasteiger charge is 2.22. The minimum absolute atomic E-state index is 0.0824. The zero-order valence-corrected chi connectivity index (χ0v) is 15.4. The molecule has 3 unspecified atom stereocenters. The van der Waals surface area contributed by atoms with E-state index in [4.69, 9.17) is 4.74 Å². The van der Waals surface area contributed by atoms with Gasteiger partial charge in [0.25, 0.3) is 0 Å². The molecule has 0 aromatic heterocycles. The number of alkyl carbamates (subject to hydrolysis) is 1. The standard InChI is InChI=1S/C18H36N2O2/c1-13(2)15-8-7-9-16(11-10-15)19-12-14(3)20-17(21)22-18(4,5)6/h13-16,19H,7-12H2,1-6H3,(H,20,21). The lowest BCUT2D eigenvalue weighted by Gasteiger charge is -2.24. The molecule has 0 bridgehead atoms. The predicted molar refractivity (Wildman–Crippen MR) is 92.0 cm³/mol. The summed E-state index contributed by atoms with van der Waals surface area (Å²) >= 11 is 0. The minimum atomic E-state index is -0.440. The molecule has 1 rings (SSSR count). The Morgan fingerprint density at radius 2 is 1.82 bits per heavy atom. The molecular formula is C18H36N2O2. The Hall–Kier alpha value is -0.770. The summed E-state index contributed by atoms with van der Waals surface area (Å²) in [6.07, 6.45) is 6.17. The van der Waals surface area contributed by atoms with Gasteiger partial charge in [0.1, 0.15) is 5.60 Å². The number of nitrogens with one attached hydrogen (secondary N) is 2. The largest absolute Gasteiger partial charge is 0.444 e. The van der Waals surface area contributed by atoms with Crippen molar-refractivity contribution in [1.29, 1.82) is 0 Å². The maximum atomic E-state index is 11.7. The zero-order valence-electron chi connectivity index (χ0n) is 15.4. The van der Waals surface area contributed by atoms with Crippen molar-refractivity contribution in [1.82, 2.24) is 10.6 Å². The molecule has 1 saturated carbocycles. The molecule has 4 heteroatoms. The first kappa shape index (κ1) is 19.3. The van der Waals surface area contributed by atoms with Gasteiger partial charge in [-0.15, -0.1) is 0 Å². The predicted octanol–water partition coefficient (Wildman–Crippen LogP) is 4.09. The van der Waals surface area contributed by atoms with Gasteiger partial charge in [-0.05, 0) is 58.8 Å². The first-order chi connectivity index (χ1) is 10.2. The van der Waals surface area contributed by atoms with Crippen molar-refractivity contribution in [2.45, 2.75) is 91.3 Å². The molecule has 0 aromatic rings. The summed E-state index contributed by atoms with van der Waals surface area (Å²) < 4.78 is 5.28. The Balaban J connectivity index is 2.26. The second-order valence-corrected chi connectivity index (χ2v) is 8.16. The van der Waals surface area contributed by atoms with Gasteiger partial charge in [-0.25, -0.2) is 4.79 Å². The number of hydrogen-bond acceptors (Lipinski definition) is 3. The van der Waals surface area contributed by atoms with Crippen LogP contribution in [0.5, 0.6) is 0 Å². The van der Waals surface area contributed by atoms with Gasteiger partial charge in [0, 0.05) is 18.6 Å². The molecule has 22 heavy (non-hydrogen) atoms. The molecule has 2 N–H and O–H groups in total. The van der Waals surface area contributed by atoms with Crippen LogP contribution in [0.25, 0.3) is 0 Å². The lowest BCUT2D eigenvalue weighted by Crippen LogP contribution is -2.44. The van der Waals surface area contributed by atoms with Crippen molar-refractivity contribution in [3.05, 3.63) is 0 Å². The Morgan fingerprint density at radius 1 is 1.14 bits per heavy atom. The van der Waals surface area contributed by atoms with Gasteiger partial charge >= 0.3 is 6.09 Å². The van der Waals surface area contributed by atoms with E-state index in [9.17, 15) is 4.79 Å². The van der Waals surface area contributed by atoms with Crippen LogP contribution in [0.1, 0.15) is 73.6 Å². The van der Waals surface area contributed by atoms with Crippen LogP contribution in [-0.4, -0.2) is 30.3 Å². The summed E-state index contributed by atoms with van der Waals surface area (Å²) in [6.45, 7) is 13.1. The molecule has 130 valence electrons. The molecule has 0 radical (unpaired) electrons. The average Bonchev–Trinajstić information content (AvgIpc) is 2.59. The Bertz CT molecular complexity index is 336. The first-order valence-electron chi connectivity index (χ1n) is 8.90. The van der Waals surface area contributed by atoms with Gasteiger partial charge in [-0.1, -0.05) is 26.7 Å². The Labute approximate surface area is 136 Å². The second-order valence-electron chi connectivity index (χ2n) is 8.16. The van der Waals surface area contributed by atoms with Crippen LogP contribution < -0.4 is 10.6 Å². The highest BCUT2D eigenvalue weighted by molar-refractivity contribution is 5.68. The van der Waals surface area contributed by atoms with Crippen LogP contribution in [-0.2, 0) is 4.74 Å². The lowest BCUT2D eigenvalue weighted by molar-refractivity contribution is 0.0507. The molecule has 0 saturated heterocycles. The molecule has 0 spiro atoms. The molecule has 1 aliphatic rings. The van der Waals surface area contributed by atoms with E-state index < -0.39 is 5.60 Å². The normalized spacial score (nSPS) is 24.7. The number of ether oxygens (including phenoxy) is 1. The topological polar surface area (TPSA) is 50.4 Å². The summed E-state index contributed by atoms with van der Waals surface area (Å²) in [6, 6.07) is 0.672. The first-order valence-corrected chi connectivity index (χ1v) is 8.90. The zero-order chi connectivity index (χ0) is 16.8. The average molecular weight is 312 g/mol. The van der Waals surface area contributed by atoms with E-state index >= 15 is 0 Å². The molecule has 0 aromatic carbocycles. The fourth-order valence-electron chi connectivity index (χ4n) is 3.10. The summed E-state index contributed by atoms with van der Waals surface area (Å²) in [7, 11) is 0. The Morgan fingerprint density at radius 3 is 2.41 bits per heavy atom. The van der Waals surface area contributed by atoms with E-state index in [-0.39, 0.29) is 12.1 Å². The molecular weight excluding hydrogens is 276 g/mol. The van der Waals surface area contributed by atoms with E-state index in [0.29, 0.717) is 6.04 Å². The lowest BCUT2D eigenvalue weighted by atomic mass is 9.89. The van der Waals surface area contributed by atoms with E-state index in [1.54, 1.807) is 0 Å². The van der Waals surface area contributed by atoms with Crippen LogP contribution in [0, 0.1) is 11.8 Å². The third-order valence-electron chi connectivity index (χ3n) is 4.43. The van der Waals surface area contributed by atoms with Gasteiger partial charge in [-0.3, -0.25) is 0 Å². The van der Waals surface area contributed by atoms with Crippen molar-refractivity contribution in [2.24, 2.45) is 11.8 Å². The summed E-state index contributed by atoms with van der Waals surface area (Å²) in [4.78, 5) is 11.7. The van der Waals surface area contributed by atoms with E-state index in [0.717, 1.165) is 18.4 Å². The molecule has 1 fully saturated rings. The van der Waals surface area contributed by atoms with Crippen molar-refractivity contribution in [2.75, 3.05) is 6.54 Å². The van der Waals surface area contributed by atoms with Crippen LogP contribution in [0.15, 0.2) is 0 Å². The highest BCUT2D eigenvalue weighted by Crippen LogP contribution is 2.28. The molecule has 4 nitrogen and oxygen atoms in total. The van der Waals surface area contributed by atoms with E-state index in [1.807, 2.05) is 27.7 Å². The summed E-state index contributed by atoms with van der Waals surface area (Å²) in [5.41, 5.74) is -0.440. The molecule has 3 atom stereocenters. The quantitative estimate of drug-likeness (QED) is 0.752. The minimum Gasteiger partial charge on any atom is -0.444 e. The highest BCUT2D eigenvalue weighted by atomic mass is 16.6. The number of rotatable bonds is 5. The fourth-order valence-corrected chi connectivity index (χ4v) is 3.10. The fraction of sp³-hybridized carbons (Fsp3) is 0.944. The third kappa shape index (κ3) is 8.02. The number of carbonyl (C=O) groups is 1. The van der Waals surface area contributed by atoms with Crippen molar-refractivity contribution in [3.63, 3.8) is 0 Å². The monoisotopic (exact) mass is 312 g/mol. The SMILES string of the molecule is CC(CNC1CCCC(C(C)C)CC1)NC(=O)OC(C)(C)C. The van der Waals surface area contributed by atoms with Gasteiger partial charge in [0.15, 0.2) is 0 Å². The molecule has 0 aliphatic heterocycles. The molecule has 0 heterocycles. The molecule has 1 aliphatic carbocycles. The van der Waals surface area contributed by atoms with Crippen molar-refractivity contribution < 1.29 is 9.53 Å². The van der Waals surface area contributed by atoms with Crippen LogP contribution in [0.3, 0.4) is 0 Å². The van der Waals surface area contributed by atoms with E-state index in [2.05, 4.69) is 24.5 Å². The number of amides is 1. The van der Waals surface area contributed by atoms with E-state index in [1.165, 1.54) is 32.1 Å². The van der Waals surface area contributed by atoms with Crippen LogP contribution >= 0.6 is 0 Å². The van der Waals surface area contributed by atoms with Crippen LogP contribution in [0.4, 0.5) is 4.79 Å². The number of carbonyl (C=O) groups excluding carboxylic acids is 1. The maximum absolute atomic E-state index is 11.7. The number of hydrogen-bond donors (Lipinski definition) is 2. The summed E-state index contributed by atoms with van der Waals surface area (Å²) in [5.74, 6) is 1.68. The molecule has 1 amide bonds. The van der Waals surface area contributed by atoms with Crippen LogP contribution in [0.2, 0.25) is 0 Å². The maximum Gasteiger partial charge on any atom is 0.407 e. The Kier molecular flexibility index (Phi) is 7.67. The second kappa shape index (κ2) is 8.76. The smallest absolute Gasteiger partial charge is 0.407 e. The van der Waals surface area contributed by atoms with Crippen molar-refractivity contribution >= 4 is 6.09 Å². The summed E-state index contributed by atoms with van der Waals surface area (Å²) in [5, 5.41) is 6.51. The van der Waals surface area contributed by atoms with Gasteiger partial charge in [-0.2, -0.15) is 0 Å². The van der Waals surface area contributed by atoms with Gasteiger partial charge in [0.05, 0.1) is 0 Å². The third-order valence-corrected chi connectivity index (χ3v) is 4.43.